The number of halogens is 1. The van der Waals surface area contributed by atoms with Crippen LogP contribution in [0.25, 0.3) is 10.9 Å². The van der Waals surface area contributed by atoms with E-state index in [2.05, 4.69) is 20.9 Å². The van der Waals surface area contributed by atoms with Crippen LogP contribution in [0.4, 0.5) is 0 Å². The van der Waals surface area contributed by atoms with E-state index in [0.29, 0.717) is 6.54 Å². The average Bonchev–Trinajstić information content (AvgIpc) is 2.48. The topological polar surface area (TPSA) is 48.1 Å². The highest BCUT2D eigenvalue weighted by molar-refractivity contribution is 9.10. The third-order valence-electron chi connectivity index (χ3n) is 3.06. The van der Waals surface area contributed by atoms with Crippen molar-refractivity contribution in [2.75, 3.05) is 0 Å². The summed E-state index contributed by atoms with van der Waals surface area (Å²) in [7, 11) is 0. The van der Waals surface area contributed by atoms with Crippen LogP contribution in [0.5, 0.6) is 11.5 Å². The molecule has 4 heteroatoms. The molecule has 0 saturated carbocycles. The summed E-state index contributed by atoms with van der Waals surface area (Å²) in [4.78, 5) is 4.39. The molecule has 100 valence electrons. The predicted molar refractivity (Wildman–Crippen MR) is 83.9 cm³/mol. The van der Waals surface area contributed by atoms with Crippen molar-refractivity contribution in [1.82, 2.24) is 4.98 Å². The van der Waals surface area contributed by atoms with Gasteiger partial charge in [0.15, 0.2) is 5.75 Å². The zero-order chi connectivity index (χ0) is 13.9. The summed E-state index contributed by atoms with van der Waals surface area (Å²) < 4.78 is 6.98. The summed E-state index contributed by atoms with van der Waals surface area (Å²) in [6.45, 7) is 0.431. The zero-order valence-corrected chi connectivity index (χ0v) is 12.3. The van der Waals surface area contributed by atoms with Gasteiger partial charge in [-0.2, -0.15) is 0 Å². The highest BCUT2D eigenvalue weighted by Gasteiger charge is 2.08. The lowest BCUT2D eigenvalue weighted by molar-refractivity contribution is 0.480. The summed E-state index contributed by atoms with van der Waals surface area (Å²) in [6.07, 6.45) is 1.76. The molecule has 2 N–H and O–H groups in total. The molecule has 0 fully saturated rings. The summed E-state index contributed by atoms with van der Waals surface area (Å²) in [5.41, 5.74) is 7.56. The summed E-state index contributed by atoms with van der Waals surface area (Å²) in [6, 6.07) is 15.6. The minimum Gasteiger partial charge on any atom is -0.455 e. The molecular formula is C16H13BrN2O. The lowest BCUT2D eigenvalue weighted by atomic mass is 10.2. The van der Waals surface area contributed by atoms with Crippen molar-refractivity contribution in [3.63, 3.8) is 0 Å². The van der Waals surface area contributed by atoms with Crippen LogP contribution in [0.3, 0.4) is 0 Å². The van der Waals surface area contributed by atoms with Gasteiger partial charge in [0.2, 0.25) is 0 Å². The number of nitrogens with two attached hydrogens (primary N) is 1. The molecule has 0 unspecified atom stereocenters. The van der Waals surface area contributed by atoms with Crippen molar-refractivity contribution in [2.24, 2.45) is 5.73 Å². The molecule has 2 aromatic carbocycles. The van der Waals surface area contributed by atoms with Gasteiger partial charge in [-0.1, -0.05) is 40.2 Å². The van der Waals surface area contributed by atoms with Crippen LogP contribution < -0.4 is 10.5 Å². The molecule has 1 heterocycles. The molecule has 0 atom stereocenters. The van der Waals surface area contributed by atoms with Crippen LogP contribution in [-0.4, -0.2) is 4.98 Å². The Labute approximate surface area is 125 Å². The number of hydrogen-bond acceptors (Lipinski definition) is 3. The van der Waals surface area contributed by atoms with Gasteiger partial charge in [0.25, 0.3) is 0 Å². The van der Waals surface area contributed by atoms with Gasteiger partial charge in [-0.15, -0.1) is 0 Å². The maximum Gasteiger partial charge on any atom is 0.153 e. The summed E-state index contributed by atoms with van der Waals surface area (Å²) >= 11 is 3.45. The summed E-state index contributed by atoms with van der Waals surface area (Å²) in [5.74, 6) is 1.48. The van der Waals surface area contributed by atoms with E-state index in [-0.39, 0.29) is 0 Å². The molecule has 0 bridgehead atoms. The van der Waals surface area contributed by atoms with Gasteiger partial charge >= 0.3 is 0 Å². The first-order valence-corrected chi connectivity index (χ1v) is 7.07. The predicted octanol–water partition coefficient (Wildman–Crippen LogP) is 4.25. The number of hydrogen-bond donors (Lipinski definition) is 1. The number of pyridine rings is 1. The van der Waals surface area contributed by atoms with E-state index in [9.17, 15) is 0 Å². The first kappa shape index (κ1) is 13.1. The highest BCUT2D eigenvalue weighted by atomic mass is 79.9. The van der Waals surface area contributed by atoms with Gasteiger partial charge in [-0.25, -0.2) is 0 Å². The van der Waals surface area contributed by atoms with Crippen molar-refractivity contribution in [1.29, 1.82) is 0 Å². The molecule has 20 heavy (non-hydrogen) atoms. The average molecular weight is 329 g/mol. The Bertz CT molecular complexity index is 753. The van der Waals surface area contributed by atoms with Crippen molar-refractivity contribution in [3.8, 4) is 11.5 Å². The lowest BCUT2D eigenvalue weighted by Crippen LogP contribution is -1.99. The van der Waals surface area contributed by atoms with E-state index < -0.39 is 0 Å². The van der Waals surface area contributed by atoms with Crippen LogP contribution in [0.15, 0.2) is 59.2 Å². The van der Waals surface area contributed by atoms with E-state index in [4.69, 9.17) is 10.5 Å². The number of benzene rings is 2. The smallest absolute Gasteiger partial charge is 0.153 e. The van der Waals surface area contributed by atoms with Crippen molar-refractivity contribution in [3.05, 3.63) is 64.8 Å². The first-order chi connectivity index (χ1) is 9.78. The van der Waals surface area contributed by atoms with Gasteiger partial charge in [0, 0.05) is 28.2 Å². The Morgan fingerprint density at radius 2 is 1.90 bits per heavy atom. The molecule has 0 aliphatic rings. The Balaban J connectivity index is 2.07. The third-order valence-corrected chi connectivity index (χ3v) is 3.56. The van der Waals surface area contributed by atoms with Crippen LogP contribution in [0.2, 0.25) is 0 Å². The second kappa shape index (κ2) is 5.61. The number of ether oxygens (including phenoxy) is 1. The molecule has 3 nitrogen and oxygen atoms in total. The molecule has 0 aliphatic carbocycles. The second-order valence-electron chi connectivity index (χ2n) is 4.39. The maximum atomic E-state index is 6.02. The fourth-order valence-electron chi connectivity index (χ4n) is 2.07. The normalized spacial score (nSPS) is 10.7. The molecule has 1 aromatic heterocycles. The van der Waals surface area contributed by atoms with Crippen molar-refractivity contribution >= 4 is 26.8 Å². The lowest BCUT2D eigenvalue weighted by Gasteiger charge is -2.12. The van der Waals surface area contributed by atoms with Crippen LogP contribution in [0, 0.1) is 0 Å². The number of aromatic nitrogens is 1. The number of fused-ring (bicyclic) bond motifs is 1. The van der Waals surface area contributed by atoms with E-state index in [1.165, 1.54) is 0 Å². The number of rotatable bonds is 3. The van der Waals surface area contributed by atoms with Gasteiger partial charge in [-0.05, 0) is 24.3 Å². The van der Waals surface area contributed by atoms with Crippen molar-refractivity contribution in [2.45, 2.75) is 6.54 Å². The Kier molecular flexibility index (Phi) is 3.67. The molecule has 3 aromatic rings. The van der Waals surface area contributed by atoms with Gasteiger partial charge in [0.05, 0.1) is 0 Å². The standard InChI is InChI=1S/C16H13BrN2O/c17-13-7-6-12(10-18)15(9-13)20-14-5-1-3-11-4-2-8-19-16(11)14/h1-9H,10,18H2. The Morgan fingerprint density at radius 3 is 2.75 bits per heavy atom. The minimum atomic E-state index is 0.431. The zero-order valence-electron chi connectivity index (χ0n) is 10.7. The molecule has 0 spiro atoms. The number of para-hydroxylation sites is 1. The Hall–Kier alpha value is -1.91. The van der Waals surface area contributed by atoms with Crippen molar-refractivity contribution < 1.29 is 4.74 Å². The van der Waals surface area contributed by atoms with Gasteiger partial charge < -0.3 is 10.5 Å². The molecule has 0 aliphatic heterocycles. The quantitative estimate of drug-likeness (QED) is 0.781. The highest BCUT2D eigenvalue weighted by Crippen LogP contribution is 2.32. The van der Waals surface area contributed by atoms with Crippen LogP contribution in [-0.2, 0) is 6.54 Å². The second-order valence-corrected chi connectivity index (χ2v) is 5.31. The van der Waals surface area contributed by atoms with E-state index in [1.54, 1.807) is 6.20 Å². The van der Waals surface area contributed by atoms with Crippen LogP contribution >= 0.6 is 15.9 Å². The van der Waals surface area contributed by atoms with E-state index >= 15 is 0 Å². The first-order valence-electron chi connectivity index (χ1n) is 6.28. The summed E-state index contributed by atoms with van der Waals surface area (Å²) in [5, 5.41) is 1.05. The fourth-order valence-corrected chi connectivity index (χ4v) is 2.41. The van der Waals surface area contributed by atoms with E-state index in [0.717, 1.165) is 32.4 Å². The van der Waals surface area contributed by atoms with Gasteiger partial charge in [-0.3, -0.25) is 4.98 Å². The number of nitrogens with zero attached hydrogens (tertiary/aromatic N) is 1. The molecule has 0 amide bonds. The third kappa shape index (κ3) is 2.53. The molecule has 3 rings (SSSR count). The largest absolute Gasteiger partial charge is 0.455 e. The van der Waals surface area contributed by atoms with Crippen LogP contribution in [0.1, 0.15) is 5.56 Å². The van der Waals surface area contributed by atoms with E-state index in [1.807, 2.05) is 48.5 Å². The van der Waals surface area contributed by atoms with Gasteiger partial charge in [0.1, 0.15) is 11.3 Å². The minimum absolute atomic E-state index is 0.431. The fraction of sp³-hybridized carbons (Fsp3) is 0.0625. The maximum absolute atomic E-state index is 6.02. The molecular weight excluding hydrogens is 316 g/mol. The SMILES string of the molecule is NCc1ccc(Br)cc1Oc1cccc2cccnc12. The Morgan fingerprint density at radius 1 is 1.05 bits per heavy atom. The molecule has 0 saturated heterocycles. The monoisotopic (exact) mass is 328 g/mol. The molecule has 0 radical (unpaired) electrons.